The molecule has 28 heavy (non-hydrogen) atoms. The van der Waals surface area contributed by atoms with Gasteiger partial charge in [-0.1, -0.05) is 18.9 Å². The van der Waals surface area contributed by atoms with Crippen molar-refractivity contribution in [2.75, 3.05) is 13.8 Å². The van der Waals surface area contributed by atoms with Crippen LogP contribution in [0.15, 0.2) is 36.8 Å². The number of hydrogen-bond donors (Lipinski definition) is 0. The molecule has 2 aromatic heterocycles. The van der Waals surface area contributed by atoms with Gasteiger partial charge in [-0.3, -0.25) is 4.79 Å². The van der Waals surface area contributed by atoms with Crippen molar-refractivity contribution in [1.29, 1.82) is 0 Å². The minimum atomic E-state index is -0.0810. The SMILES string of the molecule is CN(Cc1ccc2c(c1)OCO2)C(=O)c1cnc2c(c1)ncn2C1CCCC1. The van der Waals surface area contributed by atoms with E-state index in [0.717, 1.165) is 28.2 Å². The van der Waals surface area contributed by atoms with Crippen LogP contribution >= 0.6 is 0 Å². The summed E-state index contributed by atoms with van der Waals surface area (Å²) in [5.41, 5.74) is 3.17. The lowest BCUT2D eigenvalue weighted by atomic mass is 10.1. The summed E-state index contributed by atoms with van der Waals surface area (Å²) in [6, 6.07) is 8.05. The van der Waals surface area contributed by atoms with Crippen LogP contribution in [0.3, 0.4) is 0 Å². The smallest absolute Gasteiger partial charge is 0.255 e. The maximum Gasteiger partial charge on any atom is 0.255 e. The molecule has 0 bridgehead atoms. The van der Waals surface area contributed by atoms with E-state index in [1.165, 1.54) is 25.7 Å². The maximum atomic E-state index is 12.9. The Hall–Kier alpha value is -3.09. The number of aromatic nitrogens is 3. The topological polar surface area (TPSA) is 69.5 Å². The fourth-order valence-electron chi connectivity index (χ4n) is 4.09. The van der Waals surface area contributed by atoms with Crippen LogP contribution in [0.4, 0.5) is 0 Å². The van der Waals surface area contributed by atoms with Crippen LogP contribution in [-0.2, 0) is 6.54 Å². The number of amides is 1. The standard InChI is InChI=1S/C21H22N4O3/c1-24(11-14-6-7-18-19(8-14)28-13-27-18)21(26)15-9-17-20(22-10-15)25(12-23-17)16-4-2-3-5-16/h6-10,12,16H,2-5,11,13H2,1H3. The molecule has 1 aromatic carbocycles. The van der Waals surface area contributed by atoms with Crippen LogP contribution < -0.4 is 9.47 Å². The first-order valence-corrected chi connectivity index (χ1v) is 9.65. The molecule has 0 spiro atoms. The number of pyridine rings is 1. The number of rotatable bonds is 4. The fraction of sp³-hybridized carbons (Fsp3) is 0.381. The van der Waals surface area contributed by atoms with Gasteiger partial charge in [-0.15, -0.1) is 0 Å². The summed E-state index contributed by atoms with van der Waals surface area (Å²) in [5, 5.41) is 0. The van der Waals surface area contributed by atoms with Crippen molar-refractivity contribution >= 4 is 17.1 Å². The molecule has 1 amide bonds. The van der Waals surface area contributed by atoms with Gasteiger partial charge in [0.1, 0.15) is 5.52 Å². The van der Waals surface area contributed by atoms with Crippen molar-refractivity contribution < 1.29 is 14.3 Å². The Kier molecular flexibility index (Phi) is 4.15. The first kappa shape index (κ1) is 17.0. The molecule has 5 rings (SSSR count). The summed E-state index contributed by atoms with van der Waals surface area (Å²) < 4.78 is 12.9. The van der Waals surface area contributed by atoms with Crippen LogP contribution in [0.25, 0.3) is 11.2 Å². The second kappa shape index (κ2) is 6.82. The highest BCUT2D eigenvalue weighted by atomic mass is 16.7. The molecule has 1 fully saturated rings. The van der Waals surface area contributed by atoms with Crippen LogP contribution in [0, 0.1) is 0 Å². The van der Waals surface area contributed by atoms with Gasteiger partial charge in [-0.25, -0.2) is 9.97 Å². The zero-order valence-corrected chi connectivity index (χ0v) is 15.8. The number of carbonyl (C=O) groups is 1. The molecule has 2 aliphatic rings. The quantitative estimate of drug-likeness (QED) is 0.694. The van der Waals surface area contributed by atoms with E-state index in [4.69, 9.17) is 9.47 Å². The number of imidazole rings is 1. The minimum Gasteiger partial charge on any atom is -0.454 e. The van der Waals surface area contributed by atoms with Gasteiger partial charge in [-0.05, 0) is 36.6 Å². The average molecular weight is 378 g/mol. The summed E-state index contributed by atoms with van der Waals surface area (Å²) in [6.45, 7) is 0.719. The first-order chi connectivity index (χ1) is 13.7. The Morgan fingerprint density at radius 3 is 2.86 bits per heavy atom. The molecule has 1 aliphatic carbocycles. The number of fused-ring (bicyclic) bond motifs is 2. The number of nitrogens with zero attached hydrogens (tertiary/aromatic N) is 4. The zero-order chi connectivity index (χ0) is 19.1. The molecule has 7 nitrogen and oxygen atoms in total. The van der Waals surface area contributed by atoms with Gasteiger partial charge in [-0.2, -0.15) is 0 Å². The third-order valence-corrected chi connectivity index (χ3v) is 5.58. The highest BCUT2D eigenvalue weighted by molar-refractivity contribution is 5.96. The summed E-state index contributed by atoms with van der Waals surface area (Å²) in [6.07, 6.45) is 8.38. The highest BCUT2D eigenvalue weighted by Crippen LogP contribution is 2.33. The Morgan fingerprint density at radius 1 is 1.18 bits per heavy atom. The van der Waals surface area contributed by atoms with Crippen molar-refractivity contribution in [3.05, 3.63) is 47.9 Å². The van der Waals surface area contributed by atoms with Crippen LogP contribution in [0.5, 0.6) is 11.5 Å². The lowest BCUT2D eigenvalue weighted by Gasteiger charge is -2.17. The lowest BCUT2D eigenvalue weighted by molar-refractivity contribution is 0.0784. The third kappa shape index (κ3) is 2.96. The Morgan fingerprint density at radius 2 is 2.00 bits per heavy atom. The zero-order valence-electron chi connectivity index (χ0n) is 15.8. The second-order valence-electron chi connectivity index (χ2n) is 7.51. The molecule has 1 saturated carbocycles. The van der Waals surface area contributed by atoms with Crippen molar-refractivity contribution in [3.63, 3.8) is 0 Å². The van der Waals surface area contributed by atoms with Crippen molar-refractivity contribution in [3.8, 4) is 11.5 Å². The first-order valence-electron chi connectivity index (χ1n) is 9.65. The van der Waals surface area contributed by atoms with Gasteiger partial charge in [0.25, 0.3) is 5.91 Å². The van der Waals surface area contributed by atoms with Crippen molar-refractivity contribution in [2.45, 2.75) is 38.3 Å². The summed E-state index contributed by atoms with van der Waals surface area (Å²) >= 11 is 0. The minimum absolute atomic E-state index is 0.0810. The molecule has 3 heterocycles. The van der Waals surface area contributed by atoms with E-state index < -0.39 is 0 Å². The summed E-state index contributed by atoms with van der Waals surface area (Å²) in [7, 11) is 1.79. The van der Waals surface area contributed by atoms with Gasteiger partial charge < -0.3 is 18.9 Å². The summed E-state index contributed by atoms with van der Waals surface area (Å²) in [5.74, 6) is 1.38. The molecule has 1 aliphatic heterocycles. The molecule has 0 radical (unpaired) electrons. The van der Waals surface area contributed by atoms with Crippen molar-refractivity contribution in [2.24, 2.45) is 0 Å². The van der Waals surface area contributed by atoms with Crippen molar-refractivity contribution in [1.82, 2.24) is 19.4 Å². The molecule has 0 saturated heterocycles. The number of benzene rings is 1. The van der Waals surface area contributed by atoms with Crippen LogP contribution in [0.2, 0.25) is 0 Å². The van der Waals surface area contributed by atoms with E-state index in [2.05, 4.69) is 14.5 Å². The molecular weight excluding hydrogens is 356 g/mol. The molecule has 0 N–H and O–H groups in total. The lowest BCUT2D eigenvalue weighted by Crippen LogP contribution is -2.26. The fourth-order valence-corrected chi connectivity index (χ4v) is 4.09. The molecule has 7 heteroatoms. The summed E-state index contributed by atoms with van der Waals surface area (Å²) in [4.78, 5) is 23.6. The normalized spacial score (nSPS) is 16.0. The van der Waals surface area contributed by atoms with Crippen LogP contribution in [0.1, 0.15) is 47.6 Å². The number of hydrogen-bond acceptors (Lipinski definition) is 5. The van der Waals surface area contributed by atoms with E-state index in [0.29, 0.717) is 18.2 Å². The van der Waals surface area contributed by atoms with E-state index in [1.54, 1.807) is 18.1 Å². The molecule has 0 unspecified atom stereocenters. The third-order valence-electron chi connectivity index (χ3n) is 5.58. The van der Waals surface area contributed by atoms with E-state index in [1.807, 2.05) is 30.6 Å². The van der Waals surface area contributed by atoms with Crippen LogP contribution in [-0.4, -0.2) is 39.2 Å². The molecule has 144 valence electrons. The molecule has 3 aromatic rings. The van der Waals surface area contributed by atoms with E-state index in [-0.39, 0.29) is 12.7 Å². The predicted octanol–water partition coefficient (Wildman–Crippen LogP) is 3.55. The van der Waals surface area contributed by atoms with Gasteiger partial charge in [0.15, 0.2) is 17.1 Å². The average Bonchev–Trinajstić information content (AvgIpc) is 3.45. The van der Waals surface area contributed by atoms with Gasteiger partial charge in [0.05, 0.1) is 11.9 Å². The second-order valence-corrected chi connectivity index (χ2v) is 7.51. The van der Waals surface area contributed by atoms with E-state index in [9.17, 15) is 4.79 Å². The molecular formula is C21H22N4O3. The predicted molar refractivity (Wildman–Crippen MR) is 103 cm³/mol. The maximum absolute atomic E-state index is 12.9. The highest BCUT2D eigenvalue weighted by Gasteiger charge is 2.21. The Labute approximate surface area is 162 Å². The monoisotopic (exact) mass is 378 g/mol. The Bertz CT molecular complexity index is 1040. The number of ether oxygens (including phenoxy) is 2. The van der Waals surface area contributed by atoms with Gasteiger partial charge in [0.2, 0.25) is 6.79 Å². The van der Waals surface area contributed by atoms with E-state index >= 15 is 0 Å². The Balaban J connectivity index is 1.34. The molecule has 0 atom stereocenters. The number of carbonyl (C=O) groups excluding carboxylic acids is 1. The van der Waals surface area contributed by atoms with Gasteiger partial charge in [0, 0.05) is 25.8 Å². The van der Waals surface area contributed by atoms with Gasteiger partial charge >= 0.3 is 0 Å². The largest absolute Gasteiger partial charge is 0.454 e.